The van der Waals surface area contributed by atoms with E-state index in [-0.39, 0.29) is 12.0 Å². The molecule has 1 aliphatic rings. The molecule has 1 saturated heterocycles. The molecular weight excluding hydrogens is 320 g/mol. The molecule has 0 bridgehead atoms. The van der Waals surface area contributed by atoms with Gasteiger partial charge in [0.15, 0.2) is 11.2 Å². The highest BCUT2D eigenvalue weighted by molar-refractivity contribution is 7.80. The van der Waals surface area contributed by atoms with Crippen molar-refractivity contribution in [3.05, 3.63) is 35.8 Å². The van der Waals surface area contributed by atoms with Crippen molar-refractivity contribution in [1.82, 2.24) is 10.5 Å². The fraction of sp³-hybridized carbons (Fsp3) is 0.286. The molecule has 0 saturated carbocycles. The monoisotopic (exact) mass is 338 g/mol. The molecule has 3 rings (SSSR count). The molecule has 1 aromatic carbocycles. The van der Waals surface area contributed by atoms with Gasteiger partial charge in [0.2, 0.25) is 0 Å². The van der Waals surface area contributed by atoms with Gasteiger partial charge in [-0.25, -0.2) is 10.5 Å². The molecule has 1 aliphatic heterocycles. The Balaban J connectivity index is 0.000000246. The molecule has 22 heavy (non-hydrogen) atoms. The number of carbonyl (C=O) groups is 1. The molecule has 1 aromatic heterocycles. The molecule has 118 valence electrons. The summed E-state index contributed by atoms with van der Waals surface area (Å²) in [7, 11) is 1.66. The number of thiazole rings is 1. The number of hydrogen-bond acceptors (Lipinski definition) is 7. The third-order valence-corrected chi connectivity index (χ3v) is 3.93. The first kappa shape index (κ1) is 16.8. The van der Waals surface area contributed by atoms with Crippen molar-refractivity contribution in [3.63, 3.8) is 0 Å². The van der Waals surface area contributed by atoms with Gasteiger partial charge in [0, 0.05) is 42.2 Å². The number of rotatable bonds is 3. The molecule has 2 aromatic rings. The van der Waals surface area contributed by atoms with Crippen molar-refractivity contribution in [2.75, 3.05) is 24.2 Å². The van der Waals surface area contributed by atoms with Gasteiger partial charge in [-0.1, -0.05) is 0 Å². The van der Waals surface area contributed by atoms with Crippen LogP contribution in [0.5, 0.6) is 0 Å². The number of hydrogen-bond donors (Lipinski definition) is 3. The van der Waals surface area contributed by atoms with Crippen LogP contribution in [0, 0.1) is 0 Å². The summed E-state index contributed by atoms with van der Waals surface area (Å²) in [4.78, 5) is 23.4. The van der Waals surface area contributed by atoms with E-state index < -0.39 is 0 Å². The second kappa shape index (κ2) is 8.14. The number of nitrogens with one attached hydrogen (secondary N) is 1. The number of thiol groups is 1. The van der Waals surface area contributed by atoms with Crippen molar-refractivity contribution in [2.45, 2.75) is 17.4 Å². The zero-order valence-electron chi connectivity index (χ0n) is 12.1. The van der Waals surface area contributed by atoms with Crippen LogP contribution in [0.1, 0.15) is 6.42 Å². The molecule has 2 heterocycles. The van der Waals surface area contributed by atoms with E-state index in [1.807, 2.05) is 29.6 Å². The summed E-state index contributed by atoms with van der Waals surface area (Å²) in [6, 6.07) is 7.53. The van der Waals surface area contributed by atoms with Crippen LogP contribution in [0.4, 0.5) is 10.8 Å². The smallest absolute Gasteiger partial charge is 0.258 e. The van der Waals surface area contributed by atoms with Crippen molar-refractivity contribution in [2.24, 2.45) is 0 Å². The SMILES string of the molecule is CNOC1CCN(c2ccc(S)cc2)C1=O.Nc1nccs1. The first-order chi connectivity index (χ1) is 10.6. The Labute approximate surface area is 138 Å². The molecule has 0 radical (unpaired) electrons. The third-order valence-electron chi connectivity index (χ3n) is 3.03. The van der Waals surface area contributed by atoms with Gasteiger partial charge in [0.1, 0.15) is 0 Å². The van der Waals surface area contributed by atoms with Crippen LogP contribution in [0.25, 0.3) is 0 Å². The van der Waals surface area contributed by atoms with Gasteiger partial charge in [-0.3, -0.25) is 9.63 Å². The number of nitrogens with zero attached hydrogens (tertiary/aromatic N) is 2. The number of anilines is 2. The first-order valence-corrected chi connectivity index (χ1v) is 8.02. The fourth-order valence-corrected chi connectivity index (χ4v) is 2.56. The predicted molar refractivity (Wildman–Crippen MR) is 91.1 cm³/mol. The highest BCUT2D eigenvalue weighted by atomic mass is 32.1. The molecule has 1 atom stereocenters. The van der Waals surface area contributed by atoms with E-state index in [1.54, 1.807) is 18.1 Å². The summed E-state index contributed by atoms with van der Waals surface area (Å²) in [6.45, 7) is 0.692. The highest BCUT2D eigenvalue weighted by Gasteiger charge is 2.33. The topological polar surface area (TPSA) is 80.5 Å². The Morgan fingerprint density at radius 1 is 1.45 bits per heavy atom. The standard InChI is InChI=1S/C11H14N2O2S.C3H4N2S/c1-12-15-10-6-7-13(11(10)14)8-2-4-9(16)5-3-8;4-3-5-1-2-6-3/h2-5,10,12,16H,6-7H2,1H3;1-2H,(H2,4,5). The van der Waals surface area contributed by atoms with E-state index in [2.05, 4.69) is 23.1 Å². The summed E-state index contributed by atoms with van der Waals surface area (Å²) in [6.07, 6.45) is 2.02. The Morgan fingerprint density at radius 2 is 2.18 bits per heavy atom. The van der Waals surface area contributed by atoms with Gasteiger partial charge in [-0.2, -0.15) is 0 Å². The Kier molecular flexibility index (Phi) is 6.20. The van der Waals surface area contributed by atoms with E-state index in [4.69, 9.17) is 10.6 Å². The Bertz CT molecular complexity index is 589. The normalized spacial score (nSPS) is 17.3. The first-order valence-electron chi connectivity index (χ1n) is 6.69. The summed E-state index contributed by atoms with van der Waals surface area (Å²) >= 11 is 5.65. The third kappa shape index (κ3) is 4.44. The Hall–Kier alpha value is -1.61. The number of benzene rings is 1. The molecule has 0 aliphatic carbocycles. The molecule has 1 fully saturated rings. The van der Waals surface area contributed by atoms with Crippen molar-refractivity contribution in [3.8, 4) is 0 Å². The van der Waals surface area contributed by atoms with E-state index in [0.29, 0.717) is 18.1 Å². The number of amides is 1. The summed E-state index contributed by atoms with van der Waals surface area (Å²) in [5.41, 5.74) is 8.64. The van der Waals surface area contributed by atoms with Crippen LogP contribution in [-0.2, 0) is 9.63 Å². The largest absolute Gasteiger partial charge is 0.375 e. The highest BCUT2D eigenvalue weighted by Crippen LogP contribution is 2.23. The second-order valence-electron chi connectivity index (χ2n) is 4.48. The van der Waals surface area contributed by atoms with Crippen molar-refractivity contribution < 1.29 is 9.63 Å². The number of aromatic nitrogens is 1. The van der Waals surface area contributed by atoms with Gasteiger partial charge in [0.25, 0.3) is 5.91 Å². The van der Waals surface area contributed by atoms with Crippen molar-refractivity contribution in [1.29, 1.82) is 0 Å². The zero-order chi connectivity index (χ0) is 15.9. The van der Waals surface area contributed by atoms with Crippen molar-refractivity contribution >= 4 is 40.7 Å². The lowest BCUT2D eigenvalue weighted by Crippen LogP contribution is -2.32. The summed E-state index contributed by atoms with van der Waals surface area (Å²) < 4.78 is 0. The van der Waals surface area contributed by atoms with Crippen LogP contribution >= 0.6 is 24.0 Å². The maximum Gasteiger partial charge on any atom is 0.258 e. The number of nitrogens with two attached hydrogens (primary N) is 1. The lowest BCUT2D eigenvalue weighted by molar-refractivity contribution is -0.131. The van der Waals surface area contributed by atoms with Gasteiger partial charge in [0.05, 0.1) is 0 Å². The fourth-order valence-electron chi connectivity index (χ4n) is 2.03. The Morgan fingerprint density at radius 3 is 2.68 bits per heavy atom. The number of hydroxylamine groups is 1. The summed E-state index contributed by atoms with van der Waals surface area (Å²) in [5, 5.41) is 2.48. The lowest BCUT2D eigenvalue weighted by atomic mass is 10.3. The molecule has 6 nitrogen and oxygen atoms in total. The van der Waals surface area contributed by atoms with E-state index >= 15 is 0 Å². The zero-order valence-corrected chi connectivity index (χ0v) is 13.8. The minimum absolute atomic E-state index is 0.00117. The number of nitrogen functional groups attached to an aromatic ring is 1. The minimum Gasteiger partial charge on any atom is -0.375 e. The van der Waals surface area contributed by atoms with Gasteiger partial charge in [-0.15, -0.1) is 24.0 Å². The quantitative estimate of drug-likeness (QED) is 0.589. The molecular formula is C14H18N4O2S2. The maximum absolute atomic E-state index is 11.9. The maximum atomic E-state index is 11.9. The van der Waals surface area contributed by atoms with E-state index in [9.17, 15) is 4.79 Å². The van der Waals surface area contributed by atoms with Crippen LogP contribution in [0.2, 0.25) is 0 Å². The molecule has 0 spiro atoms. The summed E-state index contributed by atoms with van der Waals surface area (Å²) in [5.74, 6) is 0.00117. The van der Waals surface area contributed by atoms with Gasteiger partial charge >= 0.3 is 0 Å². The number of carbonyl (C=O) groups excluding carboxylic acids is 1. The van der Waals surface area contributed by atoms with Gasteiger partial charge < -0.3 is 10.6 Å². The second-order valence-corrected chi connectivity index (χ2v) is 5.92. The van der Waals surface area contributed by atoms with Gasteiger partial charge in [-0.05, 0) is 24.3 Å². The molecule has 8 heteroatoms. The molecule has 1 unspecified atom stereocenters. The molecule has 3 N–H and O–H groups in total. The molecule has 1 amide bonds. The van der Waals surface area contributed by atoms with Crippen LogP contribution in [0.15, 0.2) is 40.7 Å². The minimum atomic E-state index is -0.374. The van der Waals surface area contributed by atoms with Crippen LogP contribution < -0.4 is 16.1 Å². The van der Waals surface area contributed by atoms with Crippen LogP contribution in [0.3, 0.4) is 0 Å². The predicted octanol–water partition coefficient (Wildman–Crippen LogP) is 1.96. The lowest BCUT2D eigenvalue weighted by Gasteiger charge is -2.16. The average molecular weight is 338 g/mol. The van der Waals surface area contributed by atoms with E-state index in [0.717, 1.165) is 10.6 Å². The van der Waals surface area contributed by atoms with E-state index in [1.165, 1.54) is 11.3 Å². The van der Waals surface area contributed by atoms with Crippen LogP contribution in [-0.4, -0.2) is 30.6 Å². The average Bonchev–Trinajstić information content (AvgIpc) is 3.12.